The van der Waals surface area contributed by atoms with Gasteiger partial charge in [-0.25, -0.2) is 9.78 Å². The predicted octanol–water partition coefficient (Wildman–Crippen LogP) is 3.28. The number of anilines is 1. The second-order valence-electron chi connectivity index (χ2n) is 10.4. The van der Waals surface area contributed by atoms with Crippen molar-refractivity contribution in [2.45, 2.75) is 37.8 Å². The number of carbonyl (C=O) groups is 2. The molecule has 2 fully saturated rings. The molecule has 0 bridgehead atoms. The fourth-order valence-corrected chi connectivity index (χ4v) is 5.76. The van der Waals surface area contributed by atoms with Crippen LogP contribution in [0.4, 0.5) is 10.5 Å². The number of nitrogens with zero attached hydrogens (tertiary/aromatic N) is 4. The van der Waals surface area contributed by atoms with Crippen molar-refractivity contribution in [2.24, 2.45) is 11.7 Å². The van der Waals surface area contributed by atoms with Gasteiger partial charge in [0.25, 0.3) is 0 Å². The van der Waals surface area contributed by atoms with Crippen LogP contribution in [0, 0.1) is 5.92 Å². The van der Waals surface area contributed by atoms with Crippen LogP contribution in [0.5, 0.6) is 5.75 Å². The Balaban J connectivity index is 1.25. The second kappa shape index (κ2) is 12.0. The molecular formula is C29H38N6O4. The van der Waals surface area contributed by atoms with Crippen LogP contribution in [-0.4, -0.2) is 84.3 Å². The molecule has 1 aromatic heterocycles. The molecule has 10 heteroatoms. The summed E-state index contributed by atoms with van der Waals surface area (Å²) < 4.78 is 12.7. The monoisotopic (exact) mass is 534 g/mol. The average Bonchev–Trinajstić information content (AvgIpc) is 3.54. The van der Waals surface area contributed by atoms with Crippen LogP contribution in [0.15, 0.2) is 48.5 Å². The molecule has 0 radical (unpaired) electrons. The first-order valence-electron chi connectivity index (χ1n) is 13.7. The van der Waals surface area contributed by atoms with Gasteiger partial charge in [-0.15, -0.1) is 0 Å². The van der Waals surface area contributed by atoms with Crippen molar-refractivity contribution in [1.82, 2.24) is 19.4 Å². The van der Waals surface area contributed by atoms with E-state index in [1.165, 1.54) is 0 Å². The van der Waals surface area contributed by atoms with E-state index in [0.29, 0.717) is 44.2 Å². The van der Waals surface area contributed by atoms with Gasteiger partial charge in [-0.1, -0.05) is 12.1 Å². The first-order chi connectivity index (χ1) is 19.0. The minimum absolute atomic E-state index is 0.0222. The lowest BCUT2D eigenvalue weighted by atomic mass is 9.94. The van der Waals surface area contributed by atoms with Crippen LogP contribution < -0.4 is 15.8 Å². The molecule has 0 unspecified atom stereocenters. The Kier molecular flexibility index (Phi) is 8.33. The highest BCUT2D eigenvalue weighted by atomic mass is 16.5. The minimum atomic E-state index is -0.425. The van der Waals surface area contributed by atoms with Crippen LogP contribution in [0.3, 0.4) is 0 Å². The Morgan fingerprint density at radius 1 is 1.05 bits per heavy atom. The van der Waals surface area contributed by atoms with Crippen molar-refractivity contribution in [3.63, 3.8) is 0 Å². The van der Waals surface area contributed by atoms with Crippen molar-refractivity contribution >= 4 is 28.7 Å². The molecule has 2 saturated heterocycles. The Hall–Kier alpha value is -3.63. The number of aryl methyl sites for hydroxylation is 1. The Labute approximate surface area is 229 Å². The normalized spacial score (nSPS) is 21.4. The molecule has 3 atom stereocenters. The summed E-state index contributed by atoms with van der Waals surface area (Å²) in [5.74, 6) is 1.48. The summed E-state index contributed by atoms with van der Waals surface area (Å²) >= 11 is 0. The standard InChI is InChI=1S/C29H38N6O4/c1-38-16-6-15-35-26-9-4-3-8-25(26)32-27(35)20-7-5-14-33(17-20)28(36)23-18-34(19-24(23)30)29(37)31-21-10-12-22(39-2)13-11-21/h3-4,8-13,20,23-24H,5-7,14-19,30H2,1-2H3,(H,31,37)/t20-,23-,24-/m1/s1. The van der Waals surface area contributed by atoms with E-state index in [-0.39, 0.29) is 17.9 Å². The Morgan fingerprint density at radius 2 is 1.85 bits per heavy atom. The van der Waals surface area contributed by atoms with Crippen LogP contribution in [-0.2, 0) is 16.1 Å². The number of piperidine rings is 1. The van der Waals surface area contributed by atoms with Gasteiger partial charge in [-0.05, 0) is 55.7 Å². The number of fused-ring (bicyclic) bond motifs is 1. The van der Waals surface area contributed by atoms with E-state index in [2.05, 4.69) is 16.0 Å². The van der Waals surface area contributed by atoms with Crippen molar-refractivity contribution in [3.05, 3.63) is 54.4 Å². The summed E-state index contributed by atoms with van der Waals surface area (Å²) in [5, 5.41) is 2.89. The van der Waals surface area contributed by atoms with Crippen molar-refractivity contribution in [3.8, 4) is 5.75 Å². The maximum atomic E-state index is 13.7. The molecule has 10 nitrogen and oxygen atoms in total. The number of methoxy groups -OCH3 is 2. The molecule has 39 heavy (non-hydrogen) atoms. The van der Waals surface area contributed by atoms with Crippen molar-refractivity contribution in [2.75, 3.05) is 52.3 Å². The lowest BCUT2D eigenvalue weighted by Gasteiger charge is -2.35. The number of nitrogens with one attached hydrogen (secondary N) is 1. The van der Waals surface area contributed by atoms with E-state index >= 15 is 0 Å². The predicted molar refractivity (Wildman–Crippen MR) is 150 cm³/mol. The summed E-state index contributed by atoms with van der Waals surface area (Å²) in [5.41, 5.74) is 9.18. The number of para-hydroxylation sites is 2. The van der Waals surface area contributed by atoms with Crippen LogP contribution in [0.25, 0.3) is 11.0 Å². The van der Waals surface area contributed by atoms with Crippen molar-refractivity contribution in [1.29, 1.82) is 0 Å². The number of urea groups is 1. The molecule has 2 aromatic carbocycles. The maximum absolute atomic E-state index is 13.7. The smallest absolute Gasteiger partial charge is 0.321 e. The summed E-state index contributed by atoms with van der Waals surface area (Å²) in [6, 6.07) is 14.7. The number of hydrogen-bond donors (Lipinski definition) is 2. The number of likely N-dealkylation sites (tertiary alicyclic amines) is 2. The van der Waals surface area contributed by atoms with E-state index in [1.54, 1.807) is 43.4 Å². The highest BCUT2D eigenvalue weighted by Gasteiger charge is 2.41. The fourth-order valence-electron chi connectivity index (χ4n) is 5.76. The summed E-state index contributed by atoms with van der Waals surface area (Å²) in [6.45, 7) is 3.45. The quantitative estimate of drug-likeness (QED) is 0.429. The van der Waals surface area contributed by atoms with Gasteiger partial charge in [0, 0.05) is 64.1 Å². The summed E-state index contributed by atoms with van der Waals surface area (Å²) in [7, 11) is 3.31. The fraction of sp³-hybridized carbons (Fsp3) is 0.483. The van der Waals surface area contributed by atoms with Gasteiger partial charge in [0.1, 0.15) is 11.6 Å². The molecule has 5 rings (SSSR count). The number of benzene rings is 2. The van der Waals surface area contributed by atoms with E-state index in [9.17, 15) is 9.59 Å². The summed E-state index contributed by atoms with van der Waals surface area (Å²) in [4.78, 5) is 35.2. The van der Waals surface area contributed by atoms with E-state index in [1.807, 2.05) is 23.1 Å². The third-order valence-corrected chi connectivity index (χ3v) is 7.82. The molecule has 0 spiro atoms. The molecule has 3 amide bonds. The molecule has 3 N–H and O–H groups in total. The number of amides is 3. The van der Waals surface area contributed by atoms with Crippen LogP contribution >= 0.6 is 0 Å². The molecular weight excluding hydrogens is 496 g/mol. The van der Waals surface area contributed by atoms with Gasteiger partial charge in [-0.2, -0.15) is 0 Å². The van der Waals surface area contributed by atoms with E-state index in [4.69, 9.17) is 20.2 Å². The third kappa shape index (κ3) is 5.86. The number of aromatic nitrogens is 2. The zero-order chi connectivity index (χ0) is 27.4. The third-order valence-electron chi connectivity index (χ3n) is 7.82. The largest absolute Gasteiger partial charge is 0.497 e. The molecule has 3 aromatic rings. The van der Waals surface area contributed by atoms with Crippen LogP contribution in [0.1, 0.15) is 31.0 Å². The molecule has 3 heterocycles. The average molecular weight is 535 g/mol. The number of imidazole rings is 1. The zero-order valence-corrected chi connectivity index (χ0v) is 22.7. The Bertz CT molecular complexity index is 1290. The first kappa shape index (κ1) is 27.0. The highest BCUT2D eigenvalue weighted by molar-refractivity contribution is 5.91. The molecule has 2 aliphatic heterocycles. The van der Waals surface area contributed by atoms with Gasteiger partial charge in [0.15, 0.2) is 0 Å². The molecule has 0 aliphatic carbocycles. The maximum Gasteiger partial charge on any atom is 0.321 e. The Morgan fingerprint density at radius 3 is 2.62 bits per heavy atom. The highest BCUT2D eigenvalue weighted by Crippen LogP contribution is 2.31. The second-order valence-corrected chi connectivity index (χ2v) is 10.4. The van der Waals surface area contributed by atoms with Gasteiger partial charge in [0.2, 0.25) is 5.91 Å². The molecule has 208 valence electrons. The van der Waals surface area contributed by atoms with Gasteiger partial charge < -0.3 is 34.9 Å². The number of nitrogens with two attached hydrogens (primary N) is 1. The number of rotatable bonds is 8. The van der Waals surface area contributed by atoms with E-state index in [0.717, 1.165) is 42.7 Å². The van der Waals surface area contributed by atoms with Crippen LogP contribution in [0.2, 0.25) is 0 Å². The van der Waals surface area contributed by atoms with Gasteiger partial charge >= 0.3 is 6.03 Å². The first-order valence-corrected chi connectivity index (χ1v) is 13.7. The van der Waals surface area contributed by atoms with E-state index < -0.39 is 12.0 Å². The number of hydrogen-bond acceptors (Lipinski definition) is 6. The SMILES string of the molecule is COCCCn1c([C@@H]2CCCN(C(=O)[C@@H]3CN(C(=O)Nc4ccc(OC)cc4)C[C@H]3N)C2)nc2ccccc21. The molecule has 0 saturated carbocycles. The van der Waals surface area contributed by atoms with Gasteiger partial charge in [-0.3, -0.25) is 4.79 Å². The lowest BCUT2D eigenvalue weighted by molar-refractivity contribution is -0.136. The minimum Gasteiger partial charge on any atom is -0.497 e. The lowest BCUT2D eigenvalue weighted by Crippen LogP contribution is -2.47. The van der Waals surface area contributed by atoms with Crippen molar-refractivity contribution < 1.29 is 19.1 Å². The molecule has 2 aliphatic rings. The number of carbonyl (C=O) groups excluding carboxylic acids is 2. The zero-order valence-electron chi connectivity index (χ0n) is 22.7. The van der Waals surface area contributed by atoms with Gasteiger partial charge in [0.05, 0.1) is 24.1 Å². The summed E-state index contributed by atoms with van der Waals surface area (Å²) in [6.07, 6.45) is 2.77. The number of ether oxygens (including phenoxy) is 2. The topological polar surface area (TPSA) is 115 Å².